The minimum absolute atomic E-state index is 0.263. The maximum Gasteiger partial charge on any atom is 0.137 e. The van der Waals surface area contributed by atoms with Crippen LogP contribution in [0.1, 0.15) is 5.56 Å². The summed E-state index contributed by atoms with van der Waals surface area (Å²) < 4.78 is 0. The van der Waals surface area contributed by atoms with Crippen molar-refractivity contribution < 1.29 is 5.11 Å². The molecule has 0 aliphatic heterocycles. The molecule has 0 unspecified atom stereocenters. The van der Waals surface area contributed by atoms with E-state index >= 15 is 0 Å². The van der Waals surface area contributed by atoms with Crippen LogP contribution in [0, 0.1) is 6.92 Å². The molecule has 0 aliphatic carbocycles. The van der Waals surface area contributed by atoms with Gasteiger partial charge < -0.3 is 10.1 Å². The molecule has 0 amide bonds. The Morgan fingerprint density at radius 2 is 2.00 bits per heavy atom. The van der Waals surface area contributed by atoms with Crippen LogP contribution in [-0.2, 0) is 0 Å². The van der Waals surface area contributed by atoms with E-state index in [1.54, 1.807) is 23.5 Å². The molecule has 0 fully saturated rings. The van der Waals surface area contributed by atoms with E-state index in [9.17, 15) is 5.11 Å². The van der Waals surface area contributed by atoms with Crippen molar-refractivity contribution in [2.75, 3.05) is 0 Å². The van der Waals surface area contributed by atoms with Gasteiger partial charge in [-0.3, -0.25) is 0 Å². The number of aromatic amines is 1. The molecule has 3 rings (SSSR count). The fourth-order valence-electron chi connectivity index (χ4n) is 1.78. The van der Waals surface area contributed by atoms with Gasteiger partial charge in [0.2, 0.25) is 0 Å². The molecule has 3 aromatic rings. The number of hydrogen-bond acceptors (Lipinski definition) is 3. The fourth-order valence-corrected chi connectivity index (χ4v) is 2.65. The predicted molar refractivity (Wildman–Crippen MR) is 73.7 cm³/mol. The minimum atomic E-state index is 0.263. The Balaban J connectivity index is 1.96. The number of H-pyrrole nitrogens is 1. The van der Waals surface area contributed by atoms with Crippen LogP contribution in [-0.4, -0.2) is 15.1 Å². The predicted octanol–water partition coefficient (Wildman–Crippen LogP) is 3.82. The van der Waals surface area contributed by atoms with E-state index in [4.69, 9.17) is 0 Å². The molecule has 0 spiro atoms. The number of rotatable bonds is 2. The minimum Gasteiger partial charge on any atom is -0.508 e. The number of aromatic nitrogens is 2. The van der Waals surface area contributed by atoms with Crippen molar-refractivity contribution >= 4 is 11.3 Å². The lowest BCUT2D eigenvalue weighted by Gasteiger charge is -1.96. The molecule has 0 bridgehead atoms. The zero-order valence-electron chi connectivity index (χ0n) is 9.84. The summed E-state index contributed by atoms with van der Waals surface area (Å²) >= 11 is 1.70. The third-order valence-corrected chi connectivity index (χ3v) is 3.79. The van der Waals surface area contributed by atoms with Gasteiger partial charge in [0.05, 0.1) is 16.8 Å². The zero-order valence-corrected chi connectivity index (χ0v) is 10.7. The number of benzene rings is 1. The summed E-state index contributed by atoms with van der Waals surface area (Å²) in [4.78, 5) is 8.85. The number of phenolic OH excluding ortho intramolecular Hbond substituents is 1. The van der Waals surface area contributed by atoms with Crippen molar-refractivity contribution in [3.63, 3.8) is 0 Å². The number of imidazole rings is 1. The largest absolute Gasteiger partial charge is 0.508 e. The number of nitrogens with one attached hydrogen (secondary N) is 1. The second kappa shape index (κ2) is 4.31. The van der Waals surface area contributed by atoms with Gasteiger partial charge in [-0.05, 0) is 48.2 Å². The van der Waals surface area contributed by atoms with Crippen molar-refractivity contribution in [3.8, 4) is 27.7 Å². The van der Waals surface area contributed by atoms with Crippen LogP contribution in [0.2, 0.25) is 0 Å². The molecule has 90 valence electrons. The van der Waals surface area contributed by atoms with Crippen molar-refractivity contribution in [3.05, 3.63) is 47.5 Å². The molecule has 18 heavy (non-hydrogen) atoms. The molecule has 0 saturated carbocycles. The van der Waals surface area contributed by atoms with Gasteiger partial charge in [0.1, 0.15) is 11.6 Å². The lowest BCUT2D eigenvalue weighted by molar-refractivity contribution is 0.475. The molecule has 1 aromatic carbocycles. The van der Waals surface area contributed by atoms with Gasteiger partial charge in [-0.15, -0.1) is 11.3 Å². The first-order chi connectivity index (χ1) is 8.72. The summed E-state index contributed by atoms with van der Waals surface area (Å²) in [5.74, 6) is 1.08. The third-order valence-electron chi connectivity index (χ3n) is 2.71. The normalized spacial score (nSPS) is 10.7. The Labute approximate surface area is 109 Å². The summed E-state index contributed by atoms with van der Waals surface area (Å²) in [6.07, 6.45) is 1.84. The van der Waals surface area contributed by atoms with E-state index < -0.39 is 0 Å². The maximum absolute atomic E-state index is 9.26. The van der Waals surface area contributed by atoms with Gasteiger partial charge in [0.25, 0.3) is 0 Å². The molecule has 0 atom stereocenters. The molecular weight excluding hydrogens is 244 g/mol. The molecule has 2 aromatic heterocycles. The number of nitrogens with zero attached hydrogens (tertiary/aromatic N) is 1. The highest BCUT2D eigenvalue weighted by Gasteiger charge is 2.06. The second-order valence-corrected chi connectivity index (χ2v) is 5.09. The lowest BCUT2D eigenvalue weighted by atomic mass is 10.2. The van der Waals surface area contributed by atoms with Crippen LogP contribution in [0.4, 0.5) is 0 Å². The van der Waals surface area contributed by atoms with Crippen LogP contribution < -0.4 is 0 Å². The Bertz CT molecular complexity index is 667. The lowest BCUT2D eigenvalue weighted by Crippen LogP contribution is -1.79. The van der Waals surface area contributed by atoms with Crippen molar-refractivity contribution in [1.82, 2.24) is 9.97 Å². The van der Waals surface area contributed by atoms with E-state index in [2.05, 4.69) is 28.3 Å². The van der Waals surface area contributed by atoms with Gasteiger partial charge in [-0.25, -0.2) is 4.98 Å². The zero-order chi connectivity index (χ0) is 12.5. The number of aryl methyl sites for hydroxylation is 1. The summed E-state index contributed by atoms with van der Waals surface area (Å²) in [5, 5.41) is 11.4. The summed E-state index contributed by atoms with van der Waals surface area (Å²) in [6, 6.07) is 9.15. The Hall–Kier alpha value is -2.07. The first-order valence-corrected chi connectivity index (χ1v) is 6.50. The van der Waals surface area contributed by atoms with Crippen molar-refractivity contribution in [2.45, 2.75) is 6.92 Å². The first kappa shape index (κ1) is 11.0. The summed E-state index contributed by atoms with van der Waals surface area (Å²) in [7, 11) is 0. The van der Waals surface area contributed by atoms with Crippen LogP contribution in [0.3, 0.4) is 0 Å². The molecule has 3 nitrogen and oxygen atoms in total. The van der Waals surface area contributed by atoms with Crippen LogP contribution >= 0.6 is 11.3 Å². The van der Waals surface area contributed by atoms with Crippen LogP contribution in [0.5, 0.6) is 5.75 Å². The van der Waals surface area contributed by atoms with Crippen LogP contribution in [0.15, 0.2) is 41.9 Å². The summed E-state index contributed by atoms with van der Waals surface area (Å²) in [6.45, 7) is 2.08. The number of thiophene rings is 1. The molecular formula is C14H12N2OS. The third kappa shape index (κ3) is 2.02. The molecule has 0 aliphatic rings. The highest BCUT2D eigenvalue weighted by Crippen LogP contribution is 2.27. The second-order valence-electron chi connectivity index (χ2n) is 4.18. The van der Waals surface area contributed by atoms with Crippen molar-refractivity contribution in [2.24, 2.45) is 0 Å². The van der Waals surface area contributed by atoms with E-state index in [1.807, 2.05) is 18.3 Å². The Kier molecular flexibility index (Phi) is 2.64. The van der Waals surface area contributed by atoms with E-state index in [0.717, 1.165) is 17.1 Å². The van der Waals surface area contributed by atoms with Gasteiger partial charge in [0, 0.05) is 5.56 Å². The Morgan fingerprint density at radius 3 is 2.67 bits per heavy atom. The molecule has 0 radical (unpaired) electrons. The van der Waals surface area contributed by atoms with Gasteiger partial charge >= 0.3 is 0 Å². The standard InChI is InChI=1S/C14H12N2OS/c1-9-6-13(18-8-9)12-7-15-14(16-12)10-2-4-11(17)5-3-10/h2-8,17H,1H3,(H,15,16). The van der Waals surface area contributed by atoms with Crippen LogP contribution in [0.25, 0.3) is 22.0 Å². The topological polar surface area (TPSA) is 48.9 Å². The highest BCUT2D eigenvalue weighted by molar-refractivity contribution is 7.13. The summed E-state index contributed by atoms with van der Waals surface area (Å²) in [5.41, 5.74) is 3.25. The van der Waals surface area contributed by atoms with Gasteiger partial charge in [-0.2, -0.15) is 0 Å². The maximum atomic E-state index is 9.26. The van der Waals surface area contributed by atoms with E-state index in [1.165, 1.54) is 10.4 Å². The molecule has 0 saturated heterocycles. The fraction of sp³-hybridized carbons (Fsp3) is 0.0714. The van der Waals surface area contributed by atoms with Gasteiger partial charge in [-0.1, -0.05) is 0 Å². The van der Waals surface area contributed by atoms with Gasteiger partial charge in [0.15, 0.2) is 0 Å². The monoisotopic (exact) mass is 256 g/mol. The molecule has 2 heterocycles. The highest BCUT2D eigenvalue weighted by atomic mass is 32.1. The average Bonchev–Trinajstić information content (AvgIpc) is 2.98. The quantitative estimate of drug-likeness (QED) is 0.732. The molecule has 2 N–H and O–H groups in total. The number of phenols is 1. The van der Waals surface area contributed by atoms with E-state index in [-0.39, 0.29) is 5.75 Å². The Morgan fingerprint density at radius 1 is 1.22 bits per heavy atom. The smallest absolute Gasteiger partial charge is 0.137 e. The average molecular weight is 256 g/mol. The first-order valence-electron chi connectivity index (χ1n) is 5.62. The van der Waals surface area contributed by atoms with E-state index in [0.29, 0.717) is 0 Å². The SMILES string of the molecule is Cc1csc(-c2cnc(-c3ccc(O)cc3)[nH]2)c1. The van der Waals surface area contributed by atoms with Crippen molar-refractivity contribution in [1.29, 1.82) is 0 Å². The number of aromatic hydroxyl groups is 1. The number of hydrogen-bond donors (Lipinski definition) is 2. The molecule has 4 heteroatoms.